The second kappa shape index (κ2) is 6.32. The zero-order valence-corrected chi connectivity index (χ0v) is 12.5. The first-order valence-corrected chi connectivity index (χ1v) is 7.79. The summed E-state index contributed by atoms with van der Waals surface area (Å²) >= 11 is 0. The predicted octanol–water partition coefficient (Wildman–Crippen LogP) is 1.64. The maximum atomic E-state index is 13.4. The van der Waals surface area contributed by atoms with Crippen LogP contribution in [0.2, 0.25) is 0 Å². The third kappa shape index (κ3) is 4.57. The minimum Gasteiger partial charge on any atom is -0.350 e. The van der Waals surface area contributed by atoms with Crippen molar-refractivity contribution < 1.29 is 17.6 Å². The van der Waals surface area contributed by atoms with E-state index in [2.05, 4.69) is 5.32 Å². The minimum atomic E-state index is -4.19. The fourth-order valence-electron chi connectivity index (χ4n) is 1.94. The lowest BCUT2D eigenvalue weighted by atomic mass is 10.0. The van der Waals surface area contributed by atoms with Crippen molar-refractivity contribution >= 4 is 15.9 Å². The molecule has 20 heavy (non-hydrogen) atoms. The average Bonchev–Trinajstić information content (AvgIpc) is 2.26. The molecule has 5 nitrogen and oxygen atoms in total. The van der Waals surface area contributed by atoms with Gasteiger partial charge in [0, 0.05) is 11.6 Å². The third-order valence-electron chi connectivity index (χ3n) is 2.70. The van der Waals surface area contributed by atoms with Gasteiger partial charge < -0.3 is 5.32 Å². The molecule has 1 rings (SSSR count). The van der Waals surface area contributed by atoms with E-state index in [1.807, 2.05) is 20.8 Å². The number of rotatable bonds is 5. The van der Waals surface area contributed by atoms with Crippen LogP contribution in [0.15, 0.2) is 23.1 Å². The highest BCUT2D eigenvalue weighted by Crippen LogP contribution is 2.15. The molecule has 0 radical (unpaired) electrons. The lowest BCUT2D eigenvalue weighted by molar-refractivity contribution is 0.0936. The molecule has 0 spiro atoms. The molecule has 1 aromatic rings. The molecule has 0 unspecified atom stereocenters. The second-order valence-electron chi connectivity index (χ2n) is 5.19. The molecule has 0 fully saturated rings. The Kier molecular flexibility index (Phi) is 5.24. The quantitative estimate of drug-likeness (QED) is 0.866. The van der Waals surface area contributed by atoms with E-state index >= 15 is 0 Å². The number of benzene rings is 1. The highest BCUT2D eigenvalue weighted by molar-refractivity contribution is 7.89. The number of primary sulfonamides is 1. The lowest BCUT2D eigenvalue weighted by Crippen LogP contribution is -2.33. The van der Waals surface area contributed by atoms with E-state index < -0.39 is 26.6 Å². The first kappa shape index (κ1) is 16.6. The Hall–Kier alpha value is -1.47. The predicted molar refractivity (Wildman–Crippen MR) is 74.2 cm³/mol. The molecule has 0 bridgehead atoms. The zero-order chi connectivity index (χ0) is 15.5. The van der Waals surface area contributed by atoms with Crippen LogP contribution in [0, 0.1) is 11.7 Å². The molecule has 1 atom stereocenters. The molecule has 112 valence electrons. The summed E-state index contributed by atoms with van der Waals surface area (Å²) in [5.41, 5.74) is 0.0611. The highest BCUT2D eigenvalue weighted by atomic mass is 32.2. The summed E-state index contributed by atoms with van der Waals surface area (Å²) in [7, 11) is -4.19. The van der Waals surface area contributed by atoms with Gasteiger partial charge in [-0.15, -0.1) is 0 Å². The Bertz CT molecular complexity index is 600. The van der Waals surface area contributed by atoms with E-state index in [0.29, 0.717) is 5.92 Å². The first-order valence-electron chi connectivity index (χ1n) is 6.24. The van der Waals surface area contributed by atoms with Gasteiger partial charge in [0.05, 0.1) is 0 Å². The number of nitrogens with two attached hydrogens (primary N) is 1. The van der Waals surface area contributed by atoms with Gasteiger partial charge in [-0.25, -0.2) is 17.9 Å². The molecule has 7 heteroatoms. The summed E-state index contributed by atoms with van der Waals surface area (Å²) in [6.07, 6.45) is 0.787. The van der Waals surface area contributed by atoms with Crippen molar-refractivity contribution in [3.63, 3.8) is 0 Å². The Balaban J connectivity index is 2.95. The van der Waals surface area contributed by atoms with Crippen molar-refractivity contribution in [2.45, 2.75) is 38.1 Å². The van der Waals surface area contributed by atoms with Crippen molar-refractivity contribution in [1.82, 2.24) is 5.32 Å². The molecule has 1 aromatic carbocycles. The summed E-state index contributed by atoms with van der Waals surface area (Å²) in [6.45, 7) is 5.90. The maximum Gasteiger partial charge on any atom is 0.251 e. The highest BCUT2D eigenvalue weighted by Gasteiger charge is 2.18. The second-order valence-corrected chi connectivity index (χ2v) is 6.72. The van der Waals surface area contributed by atoms with Gasteiger partial charge in [0.1, 0.15) is 10.7 Å². The van der Waals surface area contributed by atoms with E-state index in [1.165, 1.54) is 6.07 Å². The van der Waals surface area contributed by atoms with E-state index in [9.17, 15) is 17.6 Å². The molecule has 1 amide bonds. The van der Waals surface area contributed by atoms with Crippen molar-refractivity contribution in [2.24, 2.45) is 11.1 Å². The molecular weight excluding hydrogens is 283 g/mol. The van der Waals surface area contributed by atoms with Crippen molar-refractivity contribution in [1.29, 1.82) is 0 Å². The van der Waals surface area contributed by atoms with E-state index in [4.69, 9.17) is 5.14 Å². The number of halogens is 1. The number of hydrogen-bond donors (Lipinski definition) is 2. The van der Waals surface area contributed by atoms with Gasteiger partial charge in [-0.3, -0.25) is 4.79 Å². The molecule has 0 aromatic heterocycles. The van der Waals surface area contributed by atoms with Gasteiger partial charge >= 0.3 is 0 Å². The van der Waals surface area contributed by atoms with Crippen molar-refractivity contribution in [2.75, 3.05) is 0 Å². The van der Waals surface area contributed by atoms with Crippen molar-refractivity contribution in [3.05, 3.63) is 29.6 Å². The minimum absolute atomic E-state index is 0.0611. The molecule has 0 saturated heterocycles. The number of carbonyl (C=O) groups is 1. The standard InChI is InChI=1S/C13H19FN2O3S/c1-8(2)6-9(3)16-13(17)10-4-5-11(14)12(7-10)20(15,18)19/h4-5,7-9H,6H2,1-3H3,(H,16,17)(H2,15,18,19)/t9-/m1/s1. The van der Waals surface area contributed by atoms with Crippen LogP contribution in [0.1, 0.15) is 37.6 Å². The zero-order valence-electron chi connectivity index (χ0n) is 11.7. The Morgan fingerprint density at radius 3 is 2.45 bits per heavy atom. The van der Waals surface area contributed by atoms with Crippen LogP contribution in [-0.4, -0.2) is 20.4 Å². The fraction of sp³-hybridized carbons (Fsp3) is 0.462. The van der Waals surface area contributed by atoms with E-state index in [-0.39, 0.29) is 11.6 Å². The molecule has 0 saturated carbocycles. The summed E-state index contributed by atoms with van der Waals surface area (Å²) < 4.78 is 35.8. The van der Waals surface area contributed by atoms with Gasteiger partial charge in [-0.2, -0.15) is 0 Å². The monoisotopic (exact) mass is 302 g/mol. The summed E-state index contributed by atoms with van der Waals surface area (Å²) in [5, 5.41) is 7.62. The number of carbonyl (C=O) groups excluding carboxylic acids is 1. The largest absolute Gasteiger partial charge is 0.350 e. The molecular formula is C13H19FN2O3S. The average molecular weight is 302 g/mol. The SMILES string of the molecule is CC(C)C[C@@H](C)NC(=O)c1ccc(F)c(S(N)(=O)=O)c1. The van der Waals surface area contributed by atoms with Gasteiger partial charge in [0.2, 0.25) is 10.0 Å². The maximum absolute atomic E-state index is 13.4. The lowest BCUT2D eigenvalue weighted by Gasteiger charge is -2.16. The summed E-state index contributed by atoms with van der Waals surface area (Å²) in [4.78, 5) is 11.3. The number of nitrogens with one attached hydrogen (secondary N) is 1. The Morgan fingerprint density at radius 2 is 1.95 bits per heavy atom. The summed E-state index contributed by atoms with van der Waals surface area (Å²) in [5.74, 6) is -1.01. The van der Waals surface area contributed by atoms with Crippen LogP contribution in [-0.2, 0) is 10.0 Å². The Labute approximate surface area is 118 Å². The van der Waals surface area contributed by atoms with Gasteiger partial charge in [-0.05, 0) is 37.5 Å². The van der Waals surface area contributed by atoms with Gasteiger partial charge in [0.15, 0.2) is 0 Å². The van der Waals surface area contributed by atoms with Crippen LogP contribution >= 0.6 is 0 Å². The van der Waals surface area contributed by atoms with Crippen LogP contribution < -0.4 is 10.5 Å². The third-order valence-corrected chi connectivity index (χ3v) is 3.63. The first-order chi connectivity index (χ1) is 9.11. The molecule has 3 N–H and O–H groups in total. The Morgan fingerprint density at radius 1 is 1.35 bits per heavy atom. The van der Waals surface area contributed by atoms with Crippen LogP contribution in [0.4, 0.5) is 4.39 Å². The summed E-state index contributed by atoms with van der Waals surface area (Å²) in [6, 6.07) is 3.02. The molecule has 0 heterocycles. The van der Waals surface area contributed by atoms with Crippen molar-refractivity contribution in [3.8, 4) is 0 Å². The number of hydrogen-bond acceptors (Lipinski definition) is 3. The smallest absolute Gasteiger partial charge is 0.251 e. The van der Waals surface area contributed by atoms with E-state index in [0.717, 1.165) is 18.6 Å². The van der Waals surface area contributed by atoms with Crippen LogP contribution in [0.5, 0.6) is 0 Å². The van der Waals surface area contributed by atoms with Gasteiger partial charge in [0.25, 0.3) is 5.91 Å². The van der Waals surface area contributed by atoms with Crippen LogP contribution in [0.25, 0.3) is 0 Å². The van der Waals surface area contributed by atoms with Crippen LogP contribution in [0.3, 0.4) is 0 Å². The van der Waals surface area contributed by atoms with Gasteiger partial charge in [-0.1, -0.05) is 13.8 Å². The number of sulfonamides is 1. The number of amides is 1. The molecule has 0 aliphatic heterocycles. The molecule has 0 aliphatic carbocycles. The van der Waals surface area contributed by atoms with E-state index in [1.54, 1.807) is 0 Å². The normalized spacial score (nSPS) is 13.3. The molecule has 0 aliphatic rings. The fourth-order valence-corrected chi connectivity index (χ4v) is 2.57. The topological polar surface area (TPSA) is 89.3 Å².